The highest BCUT2D eigenvalue weighted by atomic mass is 127. The van der Waals surface area contributed by atoms with E-state index < -0.39 is 0 Å². The number of benzene rings is 1. The quantitative estimate of drug-likeness (QED) is 0.535. The van der Waals surface area contributed by atoms with Crippen LogP contribution < -0.4 is 5.43 Å². The van der Waals surface area contributed by atoms with Gasteiger partial charge in [0.05, 0.1) is 6.21 Å². The Morgan fingerprint density at radius 2 is 1.94 bits per heavy atom. The Balaban J connectivity index is 1.97. The van der Waals surface area contributed by atoms with Gasteiger partial charge in [0.1, 0.15) is 5.82 Å². The van der Waals surface area contributed by atoms with E-state index in [-0.39, 0.29) is 0 Å². The molecule has 0 aliphatic heterocycles. The Kier molecular flexibility index (Phi) is 3.87. The fraction of sp³-hybridized carbons (Fsp3) is 0. The first-order valence-electron chi connectivity index (χ1n) is 4.80. The molecule has 0 atom stereocenters. The van der Waals surface area contributed by atoms with Crippen molar-refractivity contribution in [2.75, 3.05) is 5.43 Å². The highest BCUT2D eigenvalue weighted by Crippen LogP contribution is 2.06. The Bertz CT molecular complexity index is 465. The van der Waals surface area contributed by atoms with Crippen LogP contribution in [0, 0.1) is 3.57 Å². The normalized spacial score (nSPS) is 10.6. The van der Waals surface area contributed by atoms with E-state index in [1.807, 2.05) is 42.5 Å². The first kappa shape index (κ1) is 11.1. The van der Waals surface area contributed by atoms with Crippen molar-refractivity contribution in [3.63, 3.8) is 0 Å². The van der Waals surface area contributed by atoms with Gasteiger partial charge in [-0.1, -0.05) is 30.3 Å². The summed E-state index contributed by atoms with van der Waals surface area (Å²) in [6, 6.07) is 13.8. The molecule has 1 aromatic heterocycles. The van der Waals surface area contributed by atoms with Gasteiger partial charge in [0.15, 0.2) is 0 Å². The summed E-state index contributed by atoms with van der Waals surface area (Å²) in [5.41, 5.74) is 3.93. The molecule has 0 saturated carbocycles. The number of anilines is 1. The van der Waals surface area contributed by atoms with Gasteiger partial charge in [-0.15, -0.1) is 0 Å². The van der Waals surface area contributed by atoms with E-state index in [1.165, 1.54) is 0 Å². The molecule has 1 heterocycles. The molecule has 0 saturated heterocycles. The van der Waals surface area contributed by atoms with Crippen molar-refractivity contribution in [3.8, 4) is 0 Å². The first-order chi connectivity index (χ1) is 7.84. The number of aromatic nitrogens is 1. The lowest BCUT2D eigenvalue weighted by Gasteiger charge is -1.98. The standard InChI is InChI=1S/C12H10IN3/c13-11-6-7-12(14-9-11)16-15-8-10-4-2-1-3-5-10/h1-9H,(H,14,16)/b15-8+. The number of hydrazone groups is 1. The zero-order valence-corrected chi connectivity index (χ0v) is 10.6. The van der Waals surface area contributed by atoms with E-state index in [0.29, 0.717) is 0 Å². The number of hydrogen-bond donors (Lipinski definition) is 1. The highest BCUT2D eigenvalue weighted by Gasteiger charge is 1.90. The second kappa shape index (κ2) is 5.60. The molecule has 0 unspecified atom stereocenters. The molecule has 1 N–H and O–H groups in total. The summed E-state index contributed by atoms with van der Waals surface area (Å²) >= 11 is 2.21. The number of rotatable bonds is 3. The minimum atomic E-state index is 0.743. The van der Waals surface area contributed by atoms with Gasteiger partial charge in [-0.25, -0.2) is 4.98 Å². The third kappa shape index (κ3) is 3.30. The van der Waals surface area contributed by atoms with Crippen LogP contribution in [0.3, 0.4) is 0 Å². The number of halogens is 1. The van der Waals surface area contributed by atoms with Crippen LogP contribution in [0.4, 0.5) is 5.82 Å². The fourth-order valence-electron chi connectivity index (χ4n) is 1.15. The predicted molar refractivity (Wildman–Crippen MR) is 74.6 cm³/mol. The van der Waals surface area contributed by atoms with Crippen LogP contribution in [-0.4, -0.2) is 11.2 Å². The largest absolute Gasteiger partial charge is 0.261 e. The van der Waals surface area contributed by atoms with E-state index in [1.54, 1.807) is 12.4 Å². The van der Waals surface area contributed by atoms with Crippen LogP contribution in [0.25, 0.3) is 0 Å². The molecule has 80 valence electrons. The second-order valence-electron chi connectivity index (χ2n) is 3.14. The molecular weight excluding hydrogens is 313 g/mol. The number of nitrogens with zero attached hydrogens (tertiary/aromatic N) is 2. The lowest BCUT2D eigenvalue weighted by atomic mass is 10.2. The maximum absolute atomic E-state index is 4.18. The smallest absolute Gasteiger partial charge is 0.146 e. The summed E-state index contributed by atoms with van der Waals surface area (Å²) in [5, 5.41) is 4.10. The van der Waals surface area contributed by atoms with Gasteiger partial charge in [0, 0.05) is 9.77 Å². The molecule has 0 fully saturated rings. The van der Waals surface area contributed by atoms with Gasteiger partial charge in [-0.05, 0) is 40.3 Å². The molecule has 3 nitrogen and oxygen atoms in total. The van der Waals surface area contributed by atoms with Crippen LogP contribution in [0.2, 0.25) is 0 Å². The molecule has 0 bridgehead atoms. The summed E-state index contributed by atoms with van der Waals surface area (Å²) in [4.78, 5) is 4.18. The second-order valence-corrected chi connectivity index (χ2v) is 4.39. The average Bonchev–Trinajstić information content (AvgIpc) is 2.33. The molecule has 2 aromatic rings. The molecule has 2 rings (SSSR count). The maximum Gasteiger partial charge on any atom is 0.146 e. The van der Waals surface area contributed by atoms with Crippen molar-refractivity contribution in [2.24, 2.45) is 5.10 Å². The van der Waals surface area contributed by atoms with Crippen LogP contribution in [0.1, 0.15) is 5.56 Å². The minimum Gasteiger partial charge on any atom is -0.261 e. The summed E-state index contributed by atoms with van der Waals surface area (Å²) in [6.45, 7) is 0. The summed E-state index contributed by atoms with van der Waals surface area (Å²) in [5.74, 6) is 0.743. The van der Waals surface area contributed by atoms with E-state index in [0.717, 1.165) is 15.0 Å². The molecule has 0 spiro atoms. The lowest BCUT2D eigenvalue weighted by Crippen LogP contribution is -1.93. The van der Waals surface area contributed by atoms with Crippen molar-refractivity contribution in [3.05, 3.63) is 57.8 Å². The van der Waals surface area contributed by atoms with Gasteiger partial charge >= 0.3 is 0 Å². The molecular formula is C12H10IN3. The summed E-state index contributed by atoms with van der Waals surface area (Å²) in [6.07, 6.45) is 3.56. The van der Waals surface area contributed by atoms with Gasteiger partial charge in [-0.3, -0.25) is 5.43 Å². The van der Waals surface area contributed by atoms with Crippen LogP contribution in [0.5, 0.6) is 0 Å². The van der Waals surface area contributed by atoms with Gasteiger partial charge in [0.25, 0.3) is 0 Å². The van der Waals surface area contributed by atoms with Gasteiger partial charge in [0.2, 0.25) is 0 Å². The molecule has 0 amide bonds. The third-order valence-electron chi connectivity index (χ3n) is 1.92. The van der Waals surface area contributed by atoms with Crippen LogP contribution in [-0.2, 0) is 0 Å². The van der Waals surface area contributed by atoms with Crippen molar-refractivity contribution in [1.29, 1.82) is 0 Å². The van der Waals surface area contributed by atoms with E-state index in [4.69, 9.17) is 0 Å². The lowest BCUT2D eigenvalue weighted by molar-refractivity contribution is 1.22. The molecule has 0 aliphatic carbocycles. The molecule has 1 aromatic carbocycles. The zero-order valence-electron chi connectivity index (χ0n) is 8.47. The summed E-state index contributed by atoms with van der Waals surface area (Å²) in [7, 11) is 0. The Hall–Kier alpha value is -1.43. The van der Waals surface area contributed by atoms with Crippen molar-refractivity contribution in [1.82, 2.24) is 4.98 Å². The van der Waals surface area contributed by atoms with E-state index in [9.17, 15) is 0 Å². The van der Waals surface area contributed by atoms with E-state index in [2.05, 4.69) is 38.1 Å². The zero-order chi connectivity index (χ0) is 11.2. The first-order valence-corrected chi connectivity index (χ1v) is 5.88. The molecule has 16 heavy (non-hydrogen) atoms. The average molecular weight is 323 g/mol. The number of pyridine rings is 1. The topological polar surface area (TPSA) is 37.3 Å². The van der Waals surface area contributed by atoms with Crippen molar-refractivity contribution >= 4 is 34.6 Å². The Labute approximate surface area is 108 Å². The Morgan fingerprint density at radius 3 is 2.62 bits per heavy atom. The van der Waals surface area contributed by atoms with Gasteiger partial charge in [-0.2, -0.15) is 5.10 Å². The number of hydrogen-bond acceptors (Lipinski definition) is 3. The van der Waals surface area contributed by atoms with Crippen molar-refractivity contribution in [2.45, 2.75) is 0 Å². The van der Waals surface area contributed by atoms with E-state index >= 15 is 0 Å². The molecule has 4 heteroatoms. The molecule has 0 radical (unpaired) electrons. The summed E-state index contributed by atoms with van der Waals surface area (Å²) < 4.78 is 1.11. The minimum absolute atomic E-state index is 0.743. The van der Waals surface area contributed by atoms with Crippen molar-refractivity contribution < 1.29 is 0 Å². The number of nitrogens with one attached hydrogen (secondary N) is 1. The third-order valence-corrected chi connectivity index (χ3v) is 2.56. The predicted octanol–water partition coefficient (Wildman–Crippen LogP) is 3.13. The monoisotopic (exact) mass is 323 g/mol. The van der Waals surface area contributed by atoms with Crippen LogP contribution in [0.15, 0.2) is 53.8 Å². The SMILES string of the molecule is Ic1ccc(N/N=C/c2ccccc2)nc1. The molecule has 0 aliphatic rings. The Morgan fingerprint density at radius 1 is 1.12 bits per heavy atom. The van der Waals surface area contributed by atoms with Gasteiger partial charge < -0.3 is 0 Å². The maximum atomic E-state index is 4.18. The highest BCUT2D eigenvalue weighted by molar-refractivity contribution is 14.1. The fourth-order valence-corrected chi connectivity index (χ4v) is 1.47. The van der Waals surface area contributed by atoms with Crippen LogP contribution >= 0.6 is 22.6 Å².